The van der Waals surface area contributed by atoms with Gasteiger partial charge >= 0.3 is 0 Å². The average molecular weight is 921 g/mol. The lowest BCUT2D eigenvalue weighted by molar-refractivity contribution is 0.0718. The van der Waals surface area contributed by atoms with Gasteiger partial charge in [-0.25, -0.2) is 0 Å². The number of carbonyl (C=O) groups is 2. The predicted molar refractivity (Wildman–Crippen MR) is 265 cm³/mol. The van der Waals surface area contributed by atoms with Crippen molar-refractivity contribution in [2.75, 3.05) is 27.3 Å². The molecule has 1 aliphatic carbocycles. The molecule has 2 aromatic heterocycles. The summed E-state index contributed by atoms with van der Waals surface area (Å²) in [6.45, 7) is 6.46. The summed E-state index contributed by atoms with van der Waals surface area (Å²) in [4.78, 5) is 45.9. The Kier molecular flexibility index (Phi) is 10.9. The zero-order valence-corrected chi connectivity index (χ0v) is 39.4. The minimum Gasteiger partial charge on any atom is -0.508 e. The second-order valence-electron chi connectivity index (χ2n) is 19.6. The fraction of sp³-hybridized carbons (Fsp3) is 0.345. The number of methoxy groups -OCH3 is 2. The second kappa shape index (κ2) is 17.3. The lowest BCUT2D eigenvalue weighted by Gasteiger charge is -2.36. The summed E-state index contributed by atoms with van der Waals surface area (Å²) in [6.07, 6.45) is 8.86. The number of ketones is 2. The molecule has 4 bridgehead atoms. The monoisotopic (exact) mass is 920 g/mol. The first kappa shape index (κ1) is 43.5. The van der Waals surface area contributed by atoms with Gasteiger partial charge in [0.15, 0.2) is 11.6 Å². The van der Waals surface area contributed by atoms with Crippen molar-refractivity contribution in [3.05, 3.63) is 149 Å². The molecule has 4 aliphatic heterocycles. The summed E-state index contributed by atoms with van der Waals surface area (Å²) in [7, 11) is 3.33. The van der Waals surface area contributed by atoms with Crippen LogP contribution in [0.5, 0.6) is 28.7 Å². The molecule has 5 aromatic carbocycles. The molecular weight excluding hydrogens is 865 g/mol. The highest BCUT2D eigenvalue weighted by molar-refractivity contribution is 6.30. The van der Waals surface area contributed by atoms with E-state index in [-0.39, 0.29) is 40.5 Å². The first-order valence-corrected chi connectivity index (χ1v) is 24.6. The lowest BCUT2D eigenvalue weighted by Crippen LogP contribution is -2.40. The first-order valence-electron chi connectivity index (χ1n) is 24.6. The van der Waals surface area contributed by atoms with Gasteiger partial charge in [-0.15, -0.1) is 0 Å². The Bertz CT molecular complexity index is 3170. The Morgan fingerprint density at radius 3 is 1.57 bits per heavy atom. The molecule has 350 valence electrons. The van der Waals surface area contributed by atoms with Gasteiger partial charge in [0.05, 0.1) is 48.5 Å². The summed E-state index contributed by atoms with van der Waals surface area (Å²) < 4.78 is 26.4. The zero-order chi connectivity index (χ0) is 47.1. The maximum atomic E-state index is 15.7. The van der Waals surface area contributed by atoms with E-state index in [1.807, 2.05) is 79.1 Å². The Morgan fingerprint density at radius 2 is 1.09 bits per heavy atom. The molecule has 0 radical (unpaired) electrons. The molecule has 0 saturated carbocycles. The molecule has 0 spiro atoms. The van der Waals surface area contributed by atoms with E-state index in [0.29, 0.717) is 58.0 Å². The highest BCUT2D eigenvalue weighted by Gasteiger charge is 2.51. The number of hydrogen-bond donors (Lipinski definition) is 1. The molecule has 4 saturated heterocycles. The standard InChI is InChI=1S/C58H56N4O7/c1-5-47-34-21-25-61(47)49(28-34)57(40-19-23-59-45-15-12-37(66-3)30-42(40)45)68-51-17-18-52(54-53(51)55(64)39-14-9-33(27-44(39)56(54)65)32-7-10-36(63)11-8-32)69-58(50-29-35-22-26-62(50)48(35)6-2)41-20-24-60-46-16-13-38(67-4)31-43(41)46/h7-20,23-24,27,30-31,34-35,47-50,57-58,63H,5-6,21-22,25-26,28-29H2,1-4H3/t34?,35?,47?,48?,49?,50?,57-,58-/m1/s1. The number of pyridine rings is 2. The number of aromatic hydroxyl groups is 1. The third-order valence-electron chi connectivity index (χ3n) is 16.3. The van der Waals surface area contributed by atoms with Crippen LogP contribution in [-0.2, 0) is 0 Å². The lowest BCUT2D eigenvalue weighted by atomic mass is 9.81. The molecule has 11 heteroatoms. The van der Waals surface area contributed by atoms with Crippen molar-refractivity contribution in [3.63, 3.8) is 0 Å². The van der Waals surface area contributed by atoms with Crippen LogP contribution in [-0.4, -0.2) is 87.9 Å². The van der Waals surface area contributed by atoms with Crippen LogP contribution in [0.4, 0.5) is 0 Å². The van der Waals surface area contributed by atoms with E-state index in [1.165, 1.54) is 0 Å². The highest BCUT2D eigenvalue weighted by atomic mass is 16.5. The third-order valence-corrected chi connectivity index (χ3v) is 16.3. The van der Waals surface area contributed by atoms with Gasteiger partial charge in [0.25, 0.3) is 0 Å². The normalized spacial score (nSPS) is 25.2. The van der Waals surface area contributed by atoms with Crippen molar-refractivity contribution in [2.45, 2.75) is 88.7 Å². The molecular formula is C58H56N4O7. The SMILES string of the molecule is CCC1C2CCN1C([C@H](Oc1ccc(O[C@H](c3ccnc4ccc(OC)cc34)C3CC4CCN3C4CC)c3c1C(=O)c1ccc(-c4ccc(O)cc4)cc1C3=O)c1ccnc3ccc(OC)cc13)C2. The highest BCUT2D eigenvalue weighted by Crippen LogP contribution is 2.51. The van der Waals surface area contributed by atoms with Crippen LogP contribution in [0.2, 0.25) is 0 Å². The van der Waals surface area contributed by atoms with E-state index >= 15 is 9.59 Å². The largest absolute Gasteiger partial charge is 0.508 e. The summed E-state index contributed by atoms with van der Waals surface area (Å²) in [5, 5.41) is 11.9. The van der Waals surface area contributed by atoms with Crippen LogP contribution in [0.1, 0.15) is 108 Å². The minimum atomic E-state index is -0.524. The Hall–Kier alpha value is -6.82. The molecule has 12 rings (SSSR count). The Morgan fingerprint density at radius 1 is 0.594 bits per heavy atom. The van der Waals surface area contributed by atoms with E-state index in [2.05, 4.69) is 23.6 Å². The van der Waals surface area contributed by atoms with Crippen molar-refractivity contribution < 1.29 is 33.6 Å². The molecule has 0 amide bonds. The Balaban J connectivity index is 1.04. The van der Waals surface area contributed by atoms with Crippen molar-refractivity contribution >= 4 is 33.4 Å². The van der Waals surface area contributed by atoms with Gasteiger partial charge in [-0.1, -0.05) is 32.0 Å². The van der Waals surface area contributed by atoms with Crippen molar-refractivity contribution in [3.8, 4) is 39.9 Å². The zero-order valence-electron chi connectivity index (χ0n) is 39.4. The van der Waals surface area contributed by atoms with Crippen LogP contribution in [0, 0.1) is 11.8 Å². The maximum Gasteiger partial charge on any atom is 0.198 e. The number of hydrogen-bond acceptors (Lipinski definition) is 11. The number of rotatable bonds is 13. The number of aromatic nitrogens is 2. The summed E-state index contributed by atoms with van der Waals surface area (Å²) >= 11 is 0. The smallest absolute Gasteiger partial charge is 0.198 e. The summed E-state index contributed by atoms with van der Waals surface area (Å²) in [6, 6.07) is 32.7. The van der Waals surface area contributed by atoms with Crippen LogP contribution in [0.3, 0.4) is 0 Å². The molecule has 5 aliphatic rings. The van der Waals surface area contributed by atoms with Crippen molar-refractivity contribution in [1.82, 2.24) is 19.8 Å². The molecule has 69 heavy (non-hydrogen) atoms. The fourth-order valence-corrected chi connectivity index (χ4v) is 13.1. The van der Waals surface area contributed by atoms with Crippen LogP contribution < -0.4 is 18.9 Å². The first-order chi connectivity index (χ1) is 33.7. The quantitative estimate of drug-likeness (QED) is 0.119. The topological polar surface area (TPSA) is 124 Å². The van der Waals surface area contributed by atoms with Crippen molar-refractivity contribution in [2.24, 2.45) is 11.8 Å². The number of phenolic OH excluding ortho intramolecular Hbond substituents is 1. The number of piperidine rings is 2. The van der Waals surface area contributed by atoms with E-state index < -0.39 is 12.2 Å². The molecule has 6 heterocycles. The van der Waals surface area contributed by atoms with Gasteiger partial charge < -0.3 is 24.1 Å². The number of nitrogens with zero attached hydrogens (tertiary/aromatic N) is 4. The second-order valence-corrected chi connectivity index (χ2v) is 19.6. The van der Waals surface area contributed by atoms with Crippen LogP contribution >= 0.6 is 0 Å². The van der Waals surface area contributed by atoms with Crippen molar-refractivity contribution in [1.29, 1.82) is 0 Å². The molecule has 11 nitrogen and oxygen atoms in total. The molecule has 8 unspecified atom stereocenters. The number of phenols is 1. The van der Waals surface area contributed by atoms with Gasteiger partial charge in [-0.05, 0) is 160 Å². The fourth-order valence-electron chi connectivity index (χ4n) is 13.1. The van der Waals surface area contributed by atoms with Gasteiger partial charge in [0, 0.05) is 57.5 Å². The molecule has 4 fully saturated rings. The predicted octanol–water partition coefficient (Wildman–Crippen LogP) is 10.9. The molecule has 7 aromatic rings. The van der Waals surface area contributed by atoms with Gasteiger partial charge in [0.2, 0.25) is 0 Å². The maximum absolute atomic E-state index is 15.7. The number of ether oxygens (including phenoxy) is 4. The molecule has 1 N–H and O–H groups in total. The van der Waals surface area contributed by atoms with Crippen LogP contribution in [0.15, 0.2) is 116 Å². The summed E-state index contributed by atoms with van der Waals surface area (Å²) in [5.74, 6) is 2.68. The Labute approximate surface area is 402 Å². The van der Waals surface area contributed by atoms with Gasteiger partial charge in [0.1, 0.15) is 41.0 Å². The molecule has 10 atom stereocenters. The van der Waals surface area contributed by atoms with Gasteiger partial charge in [-0.3, -0.25) is 29.4 Å². The van der Waals surface area contributed by atoms with E-state index in [0.717, 1.165) is 95.7 Å². The minimum absolute atomic E-state index is 0.000417. The summed E-state index contributed by atoms with van der Waals surface area (Å²) in [5.41, 5.74) is 6.07. The van der Waals surface area contributed by atoms with E-state index in [4.69, 9.17) is 28.9 Å². The van der Waals surface area contributed by atoms with Crippen LogP contribution in [0.25, 0.3) is 32.9 Å². The number of fused-ring (bicyclic) bond motifs is 8. The van der Waals surface area contributed by atoms with Gasteiger partial charge in [-0.2, -0.15) is 0 Å². The van der Waals surface area contributed by atoms with E-state index in [1.54, 1.807) is 50.6 Å². The number of benzene rings is 5. The third kappa shape index (κ3) is 7.14. The van der Waals surface area contributed by atoms with E-state index in [9.17, 15) is 5.11 Å². The average Bonchev–Trinajstić information content (AvgIpc) is 4.17. The number of carbonyl (C=O) groups excluding carboxylic acids is 2.